The highest BCUT2D eigenvalue weighted by atomic mass is 32.1. The van der Waals surface area contributed by atoms with E-state index in [-0.39, 0.29) is 0 Å². The van der Waals surface area contributed by atoms with Gasteiger partial charge in [0.15, 0.2) is 0 Å². The van der Waals surface area contributed by atoms with Gasteiger partial charge in [0.25, 0.3) is 0 Å². The van der Waals surface area contributed by atoms with Crippen LogP contribution in [-0.4, -0.2) is 0 Å². The van der Waals surface area contributed by atoms with Crippen molar-refractivity contribution in [3.8, 4) is 0 Å². The van der Waals surface area contributed by atoms with Crippen LogP contribution in [0, 0.1) is 0 Å². The van der Waals surface area contributed by atoms with E-state index in [1.807, 2.05) is 18.2 Å². The third-order valence-corrected chi connectivity index (χ3v) is 3.11. The summed E-state index contributed by atoms with van der Waals surface area (Å²) in [4.78, 5) is 1.06. The van der Waals surface area contributed by atoms with Gasteiger partial charge in [-0.05, 0) is 17.2 Å². The normalized spacial score (nSPS) is 12.4. The predicted octanol–water partition coefficient (Wildman–Crippen LogP) is 4.13. The lowest BCUT2D eigenvalue weighted by Crippen LogP contribution is -1.96. The Morgan fingerprint density at radius 2 is 1.47 bits per heavy atom. The monoisotopic (exact) mass is 214 g/mol. The Labute approximate surface area is 96.4 Å². The van der Waals surface area contributed by atoms with Crippen molar-refractivity contribution >= 4 is 12.6 Å². The third-order valence-electron chi connectivity index (χ3n) is 2.70. The first kappa shape index (κ1) is 10.3. The zero-order valence-electron chi connectivity index (χ0n) is 8.72. The Kier molecular flexibility index (Phi) is 3.12. The zero-order chi connectivity index (χ0) is 10.7. The number of thiol groups is 1. The van der Waals surface area contributed by atoms with Crippen molar-refractivity contribution in [1.29, 1.82) is 0 Å². The molecule has 1 atom stereocenters. The van der Waals surface area contributed by atoms with Crippen molar-refractivity contribution in [2.75, 3.05) is 0 Å². The highest BCUT2D eigenvalue weighted by Gasteiger charge is 2.09. The molecule has 2 aromatic carbocycles. The second-order valence-corrected chi connectivity index (χ2v) is 4.17. The van der Waals surface area contributed by atoms with Crippen LogP contribution >= 0.6 is 12.6 Å². The number of benzene rings is 2. The maximum atomic E-state index is 4.49. The molecule has 0 fully saturated rings. The lowest BCUT2D eigenvalue weighted by molar-refractivity contribution is 0.895. The molecule has 0 aromatic heterocycles. The molecule has 0 amide bonds. The largest absolute Gasteiger partial charge is 0.143 e. The minimum Gasteiger partial charge on any atom is -0.143 e. The van der Waals surface area contributed by atoms with Gasteiger partial charge in [0.05, 0.1) is 0 Å². The summed E-state index contributed by atoms with van der Waals surface area (Å²) in [6.45, 7) is 2.21. The van der Waals surface area contributed by atoms with Gasteiger partial charge in [-0.2, -0.15) is 0 Å². The number of rotatable bonds is 2. The second kappa shape index (κ2) is 4.54. The van der Waals surface area contributed by atoms with Gasteiger partial charge in [0, 0.05) is 10.8 Å². The van der Waals surface area contributed by atoms with Crippen molar-refractivity contribution in [2.24, 2.45) is 0 Å². The highest BCUT2D eigenvalue weighted by Crippen LogP contribution is 2.28. The topological polar surface area (TPSA) is 0 Å². The summed E-state index contributed by atoms with van der Waals surface area (Å²) < 4.78 is 0. The molecular formula is C14H14S. The average molecular weight is 214 g/mol. The van der Waals surface area contributed by atoms with E-state index < -0.39 is 0 Å². The van der Waals surface area contributed by atoms with E-state index in [0.29, 0.717) is 5.92 Å². The van der Waals surface area contributed by atoms with Crippen molar-refractivity contribution in [3.05, 3.63) is 65.7 Å². The van der Waals surface area contributed by atoms with Gasteiger partial charge in [-0.25, -0.2) is 0 Å². The van der Waals surface area contributed by atoms with Gasteiger partial charge < -0.3 is 0 Å². The summed E-state index contributed by atoms with van der Waals surface area (Å²) in [7, 11) is 0. The summed E-state index contributed by atoms with van der Waals surface area (Å²) in [5, 5.41) is 0. The van der Waals surface area contributed by atoms with Gasteiger partial charge in [-0.15, -0.1) is 12.6 Å². The molecule has 1 unspecified atom stereocenters. The van der Waals surface area contributed by atoms with Crippen molar-refractivity contribution < 1.29 is 0 Å². The lowest BCUT2D eigenvalue weighted by atomic mass is 9.93. The molecule has 0 saturated heterocycles. The van der Waals surface area contributed by atoms with E-state index in [1.165, 1.54) is 11.1 Å². The Balaban J connectivity index is 2.37. The molecular weight excluding hydrogens is 200 g/mol. The SMILES string of the molecule is CC(c1ccccc1)c1ccccc1S. The summed E-state index contributed by atoms with van der Waals surface area (Å²) in [5.41, 5.74) is 2.62. The fraction of sp³-hybridized carbons (Fsp3) is 0.143. The van der Waals surface area contributed by atoms with E-state index in [2.05, 4.69) is 56.0 Å². The molecule has 15 heavy (non-hydrogen) atoms. The Hall–Kier alpha value is -1.21. The molecule has 0 N–H and O–H groups in total. The molecule has 0 aliphatic rings. The molecule has 0 nitrogen and oxygen atoms in total. The Morgan fingerprint density at radius 3 is 2.13 bits per heavy atom. The molecule has 0 spiro atoms. The third kappa shape index (κ3) is 2.24. The van der Waals surface area contributed by atoms with Crippen LogP contribution in [0.4, 0.5) is 0 Å². The fourth-order valence-electron chi connectivity index (χ4n) is 1.77. The molecule has 0 saturated carbocycles. The van der Waals surface area contributed by atoms with Crippen LogP contribution < -0.4 is 0 Å². The lowest BCUT2D eigenvalue weighted by Gasteiger charge is -2.14. The zero-order valence-corrected chi connectivity index (χ0v) is 9.62. The van der Waals surface area contributed by atoms with Gasteiger partial charge in [0.1, 0.15) is 0 Å². The predicted molar refractivity (Wildman–Crippen MR) is 67.7 cm³/mol. The molecule has 0 radical (unpaired) electrons. The Morgan fingerprint density at radius 1 is 0.867 bits per heavy atom. The van der Waals surface area contributed by atoms with Crippen molar-refractivity contribution in [2.45, 2.75) is 17.7 Å². The van der Waals surface area contributed by atoms with E-state index in [1.54, 1.807) is 0 Å². The van der Waals surface area contributed by atoms with Gasteiger partial charge in [-0.3, -0.25) is 0 Å². The fourth-order valence-corrected chi connectivity index (χ4v) is 2.13. The summed E-state index contributed by atoms with van der Waals surface area (Å²) in [6, 6.07) is 18.8. The smallest absolute Gasteiger partial charge is 0.00781 e. The van der Waals surface area contributed by atoms with Crippen LogP contribution in [0.2, 0.25) is 0 Å². The quantitative estimate of drug-likeness (QED) is 0.714. The molecule has 0 heterocycles. The van der Waals surface area contributed by atoms with Crippen LogP contribution in [0.3, 0.4) is 0 Å². The van der Waals surface area contributed by atoms with Gasteiger partial charge in [-0.1, -0.05) is 55.5 Å². The van der Waals surface area contributed by atoms with Crippen LogP contribution in [0.25, 0.3) is 0 Å². The van der Waals surface area contributed by atoms with Crippen LogP contribution in [0.15, 0.2) is 59.5 Å². The van der Waals surface area contributed by atoms with Crippen LogP contribution in [0.1, 0.15) is 24.0 Å². The van der Waals surface area contributed by atoms with E-state index in [0.717, 1.165) is 4.90 Å². The molecule has 76 valence electrons. The molecule has 2 rings (SSSR count). The average Bonchev–Trinajstić information content (AvgIpc) is 2.30. The van der Waals surface area contributed by atoms with Crippen molar-refractivity contribution in [1.82, 2.24) is 0 Å². The minimum absolute atomic E-state index is 0.403. The second-order valence-electron chi connectivity index (χ2n) is 3.69. The maximum absolute atomic E-state index is 4.49. The van der Waals surface area contributed by atoms with E-state index in [9.17, 15) is 0 Å². The van der Waals surface area contributed by atoms with Crippen LogP contribution in [-0.2, 0) is 0 Å². The molecule has 0 aliphatic heterocycles. The summed E-state index contributed by atoms with van der Waals surface area (Å²) >= 11 is 4.49. The number of hydrogen-bond acceptors (Lipinski definition) is 1. The Bertz CT molecular complexity index is 434. The van der Waals surface area contributed by atoms with Crippen molar-refractivity contribution in [3.63, 3.8) is 0 Å². The number of hydrogen-bond donors (Lipinski definition) is 1. The van der Waals surface area contributed by atoms with Gasteiger partial charge >= 0.3 is 0 Å². The summed E-state index contributed by atoms with van der Waals surface area (Å²) in [6.07, 6.45) is 0. The maximum Gasteiger partial charge on any atom is 0.00781 e. The standard InChI is InChI=1S/C14H14S/c1-11(12-7-3-2-4-8-12)13-9-5-6-10-14(13)15/h2-11,15H,1H3. The van der Waals surface area contributed by atoms with E-state index in [4.69, 9.17) is 0 Å². The molecule has 1 heteroatoms. The van der Waals surface area contributed by atoms with Gasteiger partial charge in [0.2, 0.25) is 0 Å². The molecule has 0 bridgehead atoms. The molecule has 0 aliphatic carbocycles. The van der Waals surface area contributed by atoms with E-state index >= 15 is 0 Å². The minimum atomic E-state index is 0.403. The first-order chi connectivity index (χ1) is 7.29. The molecule has 2 aromatic rings. The summed E-state index contributed by atoms with van der Waals surface area (Å²) in [5.74, 6) is 0.403. The van der Waals surface area contributed by atoms with Crippen LogP contribution in [0.5, 0.6) is 0 Å². The first-order valence-corrected chi connectivity index (χ1v) is 5.56. The highest BCUT2D eigenvalue weighted by molar-refractivity contribution is 7.80. The first-order valence-electron chi connectivity index (χ1n) is 5.12.